The van der Waals surface area contributed by atoms with Crippen LogP contribution in [0, 0.1) is 17.3 Å². The zero-order valence-corrected chi connectivity index (χ0v) is 19.8. The van der Waals surface area contributed by atoms with E-state index in [2.05, 4.69) is 59.5 Å². The summed E-state index contributed by atoms with van der Waals surface area (Å²) < 4.78 is 5.56. The molecule has 4 heteroatoms. The van der Waals surface area contributed by atoms with Gasteiger partial charge >= 0.3 is 0 Å². The number of anilines is 1. The molecular weight excluding hydrogens is 408 g/mol. The van der Waals surface area contributed by atoms with Crippen LogP contribution in [-0.2, 0) is 21.5 Å². The average Bonchev–Trinajstić information content (AvgIpc) is 2.84. The zero-order chi connectivity index (χ0) is 22.5. The summed E-state index contributed by atoms with van der Waals surface area (Å²) in [5.74, 6) is 1.78. The van der Waals surface area contributed by atoms with Gasteiger partial charge in [0, 0.05) is 32.4 Å². The molecule has 4 saturated carbocycles. The van der Waals surface area contributed by atoms with Crippen molar-refractivity contribution in [2.75, 3.05) is 38.3 Å². The molecule has 1 amide bonds. The highest BCUT2D eigenvalue weighted by Gasteiger charge is 2.61. The highest BCUT2D eigenvalue weighted by Crippen LogP contribution is 2.66. The molecule has 0 radical (unpaired) electrons. The van der Waals surface area contributed by atoms with E-state index < -0.39 is 0 Å². The van der Waals surface area contributed by atoms with Crippen molar-refractivity contribution < 1.29 is 9.53 Å². The van der Waals surface area contributed by atoms with Crippen molar-refractivity contribution in [1.82, 2.24) is 4.90 Å². The summed E-state index contributed by atoms with van der Waals surface area (Å²) in [6, 6.07) is 19.7. The van der Waals surface area contributed by atoms with Crippen molar-refractivity contribution >= 4 is 11.6 Å². The summed E-state index contributed by atoms with van der Waals surface area (Å²) in [6.07, 6.45) is 7.08. The van der Waals surface area contributed by atoms with Gasteiger partial charge in [-0.15, -0.1) is 0 Å². The zero-order valence-electron chi connectivity index (χ0n) is 19.8. The van der Waals surface area contributed by atoms with Crippen molar-refractivity contribution in [2.24, 2.45) is 17.3 Å². The van der Waals surface area contributed by atoms with Gasteiger partial charge in [0.05, 0.1) is 18.6 Å². The number of amides is 1. The van der Waals surface area contributed by atoms with Gasteiger partial charge in [-0.2, -0.15) is 0 Å². The summed E-state index contributed by atoms with van der Waals surface area (Å²) in [5.41, 5.74) is 4.00. The fourth-order valence-electron chi connectivity index (χ4n) is 8.13. The number of ether oxygens (including phenoxy) is 1. The number of rotatable bonds is 5. The van der Waals surface area contributed by atoms with Crippen LogP contribution in [0.5, 0.6) is 0 Å². The number of hydrogen-bond donors (Lipinski definition) is 0. The van der Waals surface area contributed by atoms with Crippen LogP contribution in [0.15, 0.2) is 54.6 Å². The van der Waals surface area contributed by atoms with E-state index in [1.54, 1.807) is 0 Å². The Bertz CT molecular complexity index is 999. The van der Waals surface area contributed by atoms with E-state index in [-0.39, 0.29) is 10.8 Å². The van der Waals surface area contributed by atoms with E-state index in [4.69, 9.17) is 4.74 Å². The minimum absolute atomic E-state index is 0.178. The van der Waals surface area contributed by atoms with E-state index >= 15 is 0 Å². The summed E-state index contributed by atoms with van der Waals surface area (Å²) in [6.45, 7) is 4.07. The van der Waals surface area contributed by atoms with E-state index in [1.807, 2.05) is 11.9 Å². The van der Waals surface area contributed by atoms with Crippen molar-refractivity contribution in [3.05, 3.63) is 65.7 Å². The Hall–Kier alpha value is -2.33. The maximum atomic E-state index is 14.2. The van der Waals surface area contributed by atoms with Gasteiger partial charge in [0.15, 0.2) is 0 Å². The van der Waals surface area contributed by atoms with Crippen LogP contribution in [0.2, 0.25) is 0 Å². The first-order valence-corrected chi connectivity index (χ1v) is 12.8. The number of morpholine rings is 1. The Morgan fingerprint density at radius 2 is 1.64 bits per heavy atom. The molecule has 2 unspecified atom stereocenters. The minimum Gasteiger partial charge on any atom is -0.378 e. The van der Waals surface area contributed by atoms with Crippen LogP contribution in [-0.4, -0.2) is 44.2 Å². The first-order valence-electron chi connectivity index (χ1n) is 12.8. The Morgan fingerprint density at radius 1 is 0.970 bits per heavy atom. The van der Waals surface area contributed by atoms with Crippen molar-refractivity contribution in [3.63, 3.8) is 0 Å². The summed E-state index contributed by atoms with van der Waals surface area (Å²) in [4.78, 5) is 18.6. The first-order chi connectivity index (χ1) is 16.1. The smallest absolute Gasteiger partial charge is 0.228 e. The number of carbonyl (C=O) groups is 1. The molecule has 0 aromatic heterocycles. The summed E-state index contributed by atoms with van der Waals surface area (Å²) in [5, 5.41) is 0. The Balaban J connectivity index is 1.26. The summed E-state index contributed by atoms with van der Waals surface area (Å²) in [7, 11) is 2.03. The monoisotopic (exact) mass is 444 g/mol. The molecule has 4 nitrogen and oxygen atoms in total. The molecule has 1 heterocycles. The Kier molecular flexibility index (Phi) is 5.25. The van der Waals surface area contributed by atoms with Gasteiger partial charge in [0.1, 0.15) is 0 Å². The highest BCUT2D eigenvalue weighted by molar-refractivity contribution is 5.83. The average molecular weight is 445 g/mol. The standard InChI is InChI=1S/C29H36N2O2/c1-30(20-24-7-5-6-10-26(24)31-11-13-33-14-12-31)27(32)29-18-22-15-23(19-29)17-28(16-22,21-29)25-8-3-2-4-9-25/h2-10,22-23H,11-21H2,1H3. The second kappa shape index (κ2) is 8.16. The van der Waals surface area contributed by atoms with E-state index in [0.29, 0.717) is 24.3 Å². The number of carbonyl (C=O) groups excluding carboxylic acids is 1. The van der Waals surface area contributed by atoms with Crippen LogP contribution < -0.4 is 4.90 Å². The molecule has 1 saturated heterocycles. The third-order valence-corrected chi connectivity index (χ3v) is 9.00. The lowest BCUT2D eigenvalue weighted by Gasteiger charge is -2.62. The van der Waals surface area contributed by atoms with Crippen LogP contribution in [0.3, 0.4) is 0 Å². The van der Waals surface area contributed by atoms with Gasteiger partial charge < -0.3 is 14.5 Å². The predicted octanol–water partition coefficient (Wildman–Crippen LogP) is 5.02. The van der Waals surface area contributed by atoms with E-state index in [1.165, 1.54) is 36.1 Å². The van der Waals surface area contributed by atoms with Crippen LogP contribution in [0.1, 0.15) is 49.7 Å². The van der Waals surface area contributed by atoms with Crippen molar-refractivity contribution in [3.8, 4) is 0 Å². The third kappa shape index (κ3) is 3.67. The lowest BCUT2D eigenvalue weighted by Crippen LogP contribution is -2.59. The molecule has 2 atom stereocenters. The minimum atomic E-state index is -0.178. The molecule has 1 aliphatic heterocycles. The first kappa shape index (κ1) is 21.2. The van der Waals surface area contributed by atoms with Crippen LogP contribution in [0.25, 0.3) is 0 Å². The Labute approximate surface area is 197 Å². The fraction of sp³-hybridized carbons (Fsp3) is 0.552. The second-order valence-corrected chi connectivity index (χ2v) is 11.3. The number of para-hydroxylation sites is 1. The van der Waals surface area contributed by atoms with Gasteiger partial charge in [-0.1, -0.05) is 48.5 Å². The molecule has 2 aromatic carbocycles. The topological polar surface area (TPSA) is 32.8 Å². The normalized spacial score (nSPS) is 32.7. The third-order valence-electron chi connectivity index (χ3n) is 9.00. The lowest BCUT2D eigenvalue weighted by molar-refractivity contribution is -0.159. The van der Waals surface area contributed by atoms with Gasteiger partial charge in [0.2, 0.25) is 5.91 Å². The Morgan fingerprint density at radius 3 is 2.36 bits per heavy atom. The fourth-order valence-corrected chi connectivity index (χ4v) is 8.13. The van der Waals surface area contributed by atoms with Gasteiger partial charge in [0.25, 0.3) is 0 Å². The molecule has 5 fully saturated rings. The maximum absolute atomic E-state index is 14.2. The molecule has 2 aromatic rings. The molecule has 7 rings (SSSR count). The molecule has 174 valence electrons. The molecule has 5 aliphatic rings. The van der Waals surface area contributed by atoms with Gasteiger partial charge in [-0.3, -0.25) is 4.79 Å². The van der Waals surface area contributed by atoms with E-state index in [0.717, 1.165) is 45.6 Å². The number of nitrogens with zero attached hydrogens (tertiary/aromatic N) is 2. The predicted molar refractivity (Wildman–Crippen MR) is 131 cm³/mol. The molecule has 4 aliphatic carbocycles. The van der Waals surface area contributed by atoms with Gasteiger partial charge in [-0.05, 0) is 73.0 Å². The van der Waals surface area contributed by atoms with Crippen LogP contribution >= 0.6 is 0 Å². The molecular formula is C29H36N2O2. The lowest BCUT2D eigenvalue weighted by atomic mass is 9.42. The maximum Gasteiger partial charge on any atom is 0.228 e. The van der Waals surface area contributed by atoms with E-state index in [9.17, 15) is 4.79 Å². The SMILES string of the molecule is CN(Cc1ccccc1N1CCOCC1)C(=O)C12CC3CC(C1)CC(c1ccccc1)(C3)C2. The molecule has 0 N–H and O–H groups in total. The number of hydrogen-bond acceptors (Lipinski definition) is 3. The number of benzene rings is 2. The molecule has 0 spiro atoms. The van der Waals surface area contributed by atoms with Crippen molar-refractivity contribution in [2.45, 2.75) is 50.5 Å². The summed E-state index contributed by atoms with van der Waals surface area (Å²) >= 11 is 0. The second-order valence-electron chi connectivity index (χ2n) is 11.3. The van der Waals surface area contributed by atoms with Gasteiger partial charge in [-0.25, -0.2) is 0 Å². The molecule has 33 heavy (non-hydrogen) atoms. The quantitative estimate of drug-likeness (QED) is 0.649. The van der Waals surface area contributed by atoms with Crippen LogP contribution in [0.4, 0.5) is 5.69 Å². The largest absolute Gasteiger partial charge is 0.378 e. The molecule has 4 bridgehead atoms. The highest BCUT2D eigenvalue weighted by atomic mass is 16.5. The van der Waals surface area contributed by atoms with Crippen molar-refractivity contribution in [1.29, 1.82) is 0 Å².